The van der Waals surface area contributed by atoms with Crippen molar-refractivity contribution >= 4 is 40.7 Å². The number of hydrogen-bond acceptors (Lipinski definition) is 2. The lowest BCUT2D eigenvalue weighted by molar-refractivity contribution is -0.134. The molecule has 0 unspecified atom stereocenters. The molecule has 30 heavy (non-hydrogen) atoms. The number of hydrogen-bond donors (Lipinski definition) is 1. The minimum Gasteiger partial charge on any atom is -0.478 e. The zero-order chi connectivity index (χ0) is 21.7. The molecule has 0 radical (unpaired) electrons. The molecule has 3 nitrogen and oxygen atoms in total. The van der Waals surface area contributed by atoms with Gasteiger partial charge in [0.2, 0.25) is 0 Å². The van der Waals surface area contributed by atoms with Gasteiger partial charge in [0.1, 0.15) is 5.75 Å². The Morgan fingerprint density at radius 2 is 1.20 bits per heavy atom. The quantitative estimate of drug-likeness (QED) is 0.421. The van der Waals surface area contributed by atoms with E-state index in [1.54, 1.807) is 38.1 Å². The molecule has 3 aromatic carbocycles. The number of nitrogens with one attached hydrogen (secondary N) is 1. The Kier molecular flexibility index (Phi) is 7.30. The van der Waals surface area contributed by atoms with Crippen molar-refractivity contribution in [2.24, 2.45) is 0 Å². The first-order chi connectivity index (χ1) is 14.2. The zero-order valence-electron chi connectivity index (χ0n) is 16.7. The van der Waals surface area contributed by atoms with Crippen molar-refractivity contribution < 1.29 is 9.53 Å². The molecule has 0 spiro atoms. The number of rotatable bonds is 7. The Hall–Kier alpha value is -2.20. The van der Waals surface area contributed by atoms with Gasteiger partial charge in [0.05, 0.1) is 0 Å². The van der Waals surface area contributed by atoms with E-state index in [1.165, 1.54) is 0 Å². The van der Waals surface area contributed by atoms with E-state index in [9.17, 15) is 4.79 Å². The Morgan fingerprint density at radius 3 is 1.63 bits per heavy atom. The van der Waals surface area contributed by atoms with Crippen LogP contribution in [0.25, 0.3) is 0 Å². The summed E-state index contributed by atoms with van der Waals surface area (Å²) in [6.07, 6.45) is 0. The Labute approximate surface area is 191 Å². The second-order valence-corrected chi connectivity index (χ2v) is 8.74. The maximum atomic E-state index is 12.9. The van der Waals surface area contributed by atoms with Gasteiger partial charge in [-0.05, 0) is 73.5 Å². The van der Waals surface area contributed by atoms with Crippen LogP contribution in [0, 0.1) is 0 Å². The van der Waals surface area contributed by atoms with Crippen LogP contribution >= 0.6 is 34.8 Å². The normalized spacial score (nSPS) is 11.4. The summed E-state index contributed by atoms with van der Waals surface area (Å²) in [4.78, 5) is 12.9. The molecule has 0 aliphatic heterocycles. The number of halogens is 3. The predicted molar refractivity (Wildman–Crippen MR) is 124 cm³/mol. The first kappa shape index (κ1) is 22.5. The van der Waals surface area contributed by atoms with E-state index < -0.39 is 5.60 Å². The van der Waals surface area contributed by atoms with Gasteiger partial charge >= 0.3 is 0 Å². The molecule has 0 heterocycles. The number of benzene rings is 3. The number of amides is 1. The summed E-state index contributed by atoms with van der Waals surface area (Å²) in [6.45, 7) is 3.86. The molecule has 0 aliphatic carbocycles. The van der Waals surface area contributed by atoms with Gasteiger partial charge < -0.3 is 10.1 Å². The minimum atomic E-state index is -1.06. The Morgan fingerprint density at radius 1 is 0.800 bits per heavy atom. The molecule has 1 amide bonds. The molecule has 0 aliphatic rings. The molecule has 1 N–H and O–H groups in total. The largest absolute Gasteiger partial charge is 0.478 e. The van der Waals surface area contributed by atoms with E-state index in [1.807, 2.05) is 48.5 Å². The van der Waals surface area contributed by atoms with E-state index in [0.717, 1.165) is 11.1 Å². The molecule has 3 aromatic rings. The fourth-order valence-electron chi connectivity index (χ4n) is 3.07. The average Bonchev–Trinajstić information content (AvgIpc) is 2.72. The van der Waals surface area contributed by atoms with Crippen LogP contribution in [0.15, 0.2) is 72.8 Å². The highest BCUT2D eigenvalue weighted by molar-refractivity contribution is 6.31. The third-order valence-corrected chi connectivity index (χ3v) is 5.50. The minimum absolute atomic E-state index is 0.0604. The van der Waals surface area contributed by atoms with Crippen molar-refractivity contribution in [1.82, 2.24) is 5.32 Å². The van der Waals surface area contributed by atoms with Gasteiger partial charge in [-0.3, -0.25) is 4.79 Å². The maximum Gasteiger partial charge on any atom is 0.263 e. The van der Waals surface area contributed by atoms with E-state index in [4.69, 9.17) is 39.5 Å². The Balaban J connectivity index is 1.75. The molecule has 0 saturated carbocycles. The van der Waals surface area contributed by atoms with Crippen LogP contribution in [0.1, 0.15) is 30.9 Å². The molecule has 3 rings (SSSR count). The van der Waals surface area contributed by atoms with E-state index in [2.05, 4.69) is 5.32 Å². The fraction of sp³-hybridized carbons (Fsp3) is 0.208. The van der Waals surface area contributed by atoms with Crippen molar-refractivity contribution in [3.05, 3.63) is 99.0 Å². The molecule has 0 aromatic heterocycles. The highest BCUT2D eigenvalue weighted by Crippen LogP contribution is 2.27. The summed E-state index contributed by atoms with van der Waals surface area (Å²) >= 11 is 18.0. The lowest BCUT2D eigenvalue weighted by atomic mass is 9.91. The van der Waals surface area contributed by atoms with Crippen LogP contribution in [0.3, 0.4) is 0 Å². The first-order valence-electron chi connectivity index (χ1n) is 9.48. The van der Waals surface area contributed by atoms with Gasteiger partial charge in [0.25, 0.3) is 5.91 Å². The lowest BCUT2D eigenvalue weighted by Gasteiger charge is -2.27. The molecule has 0 saturated heterocycles. The highest BCUT2D eigenvalue weighted by atomic mass is 35.5. The van der Waals surface area contributed by atoms with Crippen molar-refractivity contribution in [2.75, 3.05) is 6.54 Å². The van der Waals surface area contributed by atoms with Crippen LogP contribution in [0.2, 0.25) is 15.1 Å². The monoisotopic (exact) mass is 461 g/mol. The van der Waals surface area contributed by atoms with Crippen LogP contribution in [-0.4, -0.2) is 18.1 Å². The van der Waals surface area contributed by atoms with Gasteiger partial charge in [-0.1, -0.05) is 59.1 Å². The number of carbonyl (C=O) groups is 1. The zero-order valence-corrected chi connectivity index (χ0v) is 18.9. The lowest BCUT2D eigenvalue weighted by Crippen LogP contribution is -2.47. The average molecular weight is 463 g/mol. The third-order valence-electron chi connectivity index (χ3n) is 4.74. The van der Waals surface area contributed by atoms with Gasteiger partial charge in [-0.15, -0.1) is 0 Å². The fourth-order valence-corrected chi connectivity index (χ4v) is 3.45. The summed E-state index contributed by atoms with van der Waals surface area (Å²) in [5.74, 6) is 0.298. The molecule has 0 atom stereocenters. The van der Waals surface area contributed by atoms with Crippen molar-refractivity contribution in [3.8, 4) is 5.75 Å². The summed E-state index contributed by atoms with van der Waals surface area (Å²) in [5, 5.41) is 4.96. The van der Waals surface area contributed by atoms with Gasteiger partial charge in [0.15, 0.2) is 5.60 Å². The van der Waals surface area contributed by atoms with Crippen molar-refractivity contribution in [2.45, 2.75) is 25.4 Å². The predicted octanol–water partition coefficient (Wildman–Crippen LogP) is 6.75. The third kappa shape index (κ3) is 5.91. The second-order valence-electron chi connectivity index (χ2n) is 7.43. The van der Waals surface area contributed by atoms with E-state index in [0.29, 0.717) is 27.4 Å². The van der Waals surface area contributed by atoms with E-state index in [-0.39, 0.29) is 11.8 Å². The Bertz CT molecular complexity index is 939. The highest BCUT2D eigenvalue weighted by Gasteiger charge is 2.30. The van der Waals surface area contributed by atoms with Crippen LogP contribution in [-0.2, 0) is 4.79 Å². The van der Waals surface area contributed by atoms with E-state index >= 15 is 0 Å². The summed E-state index contributed by atoms with van der Waals surface area (Å²) in [5.41, 5.74) is 1.02. The molecule has 0 bridgehead atoms. The smallest absolute Gasteiger partial charge is 0.263 e. The summed E-state index contributed by atoms with van der Waals surface area (Å²) < 4.78 is 5.89. The maximum absolute atomic E-state index is 12.9. The van der Waals surface area contributed by atoms with Crippen molar-refractivity contribution in [1.29, 1.82) is 0 Å². The number of carbonyl (C=O) groups excluding carboxylic acids is 1. The number of ether oxygens (including phenoxy) is 1. The standard InChI is InChI=1S/C24H22Cl3NO2/c1-24(2,30-21-13-11-20(27)12-14-21)23(29)28-15-22(16-3-7-18(25)8-4-16)17-5-9-19(26)10-6-17/h3-14,22H,15H2,1-2H3,(H,28,29). The second kappa shape index (κ2) is 9.74. The molecule has 6 heteroatoms. The topological polar surface area (TPSA) is 38.3 Å². The first-order valence-corrected chi connectivity index (χ1v) is 10.6. The van der Waals surface area contributed by atoms with Crippen LogP contribution in [0.4, 0.5) is 0 Å². The van der Waals surface area contributed by atoms with Gasteiger partial charge in [0, 0.05) is 27.5 Å². The molecule has 0 fully saturated rings. The summed E-state index contributed by atoms with van der Waals surface area (Å²) in [6, 6.07) is 22.1. The SMILES string of the molecule is CC(C)(Oc1ccc(Cl)cc1)C(=O)NCC(c1ccc(Cl)cc1)c1ccc(Cl)cc1. The van der Waals surface area contributed by atoms with Crippen LogP contribution < -0.4 is 10.1 Å². The molecule has 156 valence electrons. The van der Waals surface area contributed by atoms with Crippen molar-refractivity contribution in [3.63, 3.8) is 0 Å². The molecular weight excluding hydrogens is 441 g/mol. The summed E-state index contributed by atoms with van der Waals surface area (Å²) in [7, 11) is 0. The van der Waals surface area contributed by atoms with Gasteiger partial charge in [-0.2, -0.15) is 0 Å². The van der Waals surface area contributed by atoms with Crippen LogP contribution in [0.5, 0.6) is 5.75 Å². The molecular formula is C24H22Cl3NO2. The van der Waals surface area contributed by atoms with Gasteiger partial charge in [-0.25, -0.2) is 0 Å².